The van der Waals surface area contributed by atoms with Crippen molar-refractivity contribution in [3.63, 3.8) is 0 Å². The highest BCUT2D eigenvalue weighted by Crippen LogP contribution is 2.30. The summed E-state index contributed by atoms with van der Waals surface area (Å²) in [6.45, 7) is 0.105. The fourth-order valence-electron chi connectivity index (χ4n) is 1.46. The molecule has 1 aliphatic rings. The lowest BCUT2D eigenvalue weighted by molar-refractivity contribution is 0.255. The van der Waals surface area contributed by atoms with Crippen molar-refractivity contribution in [2.24, 2.45) is 10.1 Å². The van der Waals surface area contributed by atoms with E-state index in [1.165, 1.54) is 29.4 Å². The summed E-state index contributed by atoms with van der Waals surface area (Å²) in [6, 6.07) is 3.99. The molecular formula is C11H12N4O3. The molecule has 0 saturated heterocycles. The Morgan fingerprint density at radius 1 is 1.33 bits per heavy atom. The van der Waals surface area contributed by atoms with Crippen molar-refractivity contribution in [2.45, 2.75) is 0 Å². The van der Waals surface area contributed by atoms with Gasteiger partial charge in [0, 0.05) is 6.07 Å². The second-order valence-electron chi connectivity index (χ2n) is 3.61. The Morgan fingerprint density at radius 3 is 2.78 bits per heavy atom. The zero-order chi connectivity index (χ0) is 13.1. The number of phenols is 2. The van der Waals surface area contributed by atoms with Gasteiger partial charge in [-0.3, -0.25) is 5.41 Å². The van der Waals surface area contributed by atoms with Crippen LogP contribution >= 0.6 is 0 Å². The lowest BCUT2D eigenvalue weighted by atomic mass is 10.2. The molecule has 18 heavy (non-hydrogen) atoms. The van der Waals surface area contributed by atoms with Gasteiger partial charge in [-0.2, -0.15) is 5.10 Å². The first-order chi connectivity index (χ1) is 8.61. The minimum Gasteiger partial charge on any atom is -0.508 e. The molecule has 0 fully saturated rings. The maximum Gasteiger partial charge on any atom is 0.169 e. The molecule has 1 aliphatic heterocycles. The SMILES string of the molecule is N=C1C(=Nc2ccc(O)cc2O)C=NN1CCO. The van der Waals surface area contributed by atoms with Crippen LogP contribution in [0.5, 0.6) is 11.5 Å². The van der Waals surface area contributed by atoms with Crippen LogP contribution in [-0.2, 0) is 0 Å². The molecule has 1 heterocycles. The number of phenolic OH excluding ortho intramolecular Hbond substituents is 2. The van der Waals surface area contributed by atoms with Crippen LogP contribution in [0.2, 0.25) is 0 Å². The predicted molar refractivity (Wildman–Crippen MR) is 66.9 cm³/mol. The monoisotopic (exact) mass is 248 g/mol. The van der Waals surface area contributed by atoms with Gasteiger partial charge in [-0.15, -0.1) is 0 Å². The van der Waals surface area contributed by atoms with E-state index in [0.29, 0.717) is 0 Å². The fraction of sp³-hybridized carbons (Fsp3) is 0.182. The maximum atomic E-state index is 9.57. The van der Waals surface area contributed by atoms with Crippen molar-refractivity contribution >= 4 is 23.4 Å². The number of rotatable bonds is 3. The molecule has 0 atom stereocenters. The Morgan fingerprint density at radius 2 is 2.11 bits per heavy atom. The molecule has 0 spiro atoms. The van der Waals surface area contributed by atoms with Gasteiger partial charge in [-0.05, 0) is 12.1 Å². The summed E-state index contributed by atoms with van der Waals surface area (Å²) in [4.78, 5) is 4.07. The highest BCUT2D eigenvalue weighted by atomic mass is 16.3. The quantitative estimate of drug-likeness (QED) is 0.621. The van der Waals surface area contributed by atoms with Gasteiger partial charge in [0.2, 0.25) is 0 Å². The topological polar surface area (TPSA) is 112 Å². The van der Waals surface area contributed by atoms with E-state index >= 15 is 0 Å². The van der Waals surface area contributed by atoms with Gasteiger partial charge in [-0.25, -0.2) is 10.0 Å². The zero-order valence-corrected chi connectivity index (χ0v) is 9.41. The van der Waals surface area contributed by atoms with Crippen molar-refractivity contribution in [1.82, 2.24) is 5.01 Å². The van der Waals surface area contributed by atoms with Crippen molar-refractivity contribution in [2.75, 3.05) is 13.2 Å². The molecule has 94 valence electrons. The van der Waals surface area contributed by atoms with E-state index in [1.54, 1.807) is 0 Å². The summed E-state index contributed by atoms with van der Waals surface area (Å²) in [6.07, 6.45) is 1.38. The largest absolute Gasteiger partial charge is 0.508 e. The summed E-state index contributed by atoms with van der Waals surface area (Å²) in [5, 5.41) is 40.4. The molecule has 0 aliphatic carbocycles. The second-order valence-corrected chi connectivity index (χ2v) is 3.61. The molecule has 1 aromatic carbocycles. The van der Waals surface area contributed by atoms with Gasteiger partial charge >= 0.3 is 0 Å². The van der Waals surface area contributed by atoms with Gasteiger partial charge in [-0.1, -0.05) is 0 Å². The summed E-state index contributed by atoms with van der Waals surface area (Å²) in [7, 11) is 0. The molecule has 0 bridgehead atoms. The number of benzene rings is 1. The van der Waals surface area contributed by atoms with E-state index in [-0.39, 0.29) is 41.9 Å². The molecule has 2 rings (SSSR count). The minimum atomic E-state index is -0.177. The minimum absolute atomic E-state index is 0.0523. The van der Waals surface area contributed by atoms with Crippen LogP contribution in [-0.4, -0.2) is 51.2 Å². The average Bonchev–Trinajstić information content (AvgIpc) is 2.66. The third-order valence-corrected chi connectivity index (χ3v) is 2.33. The third-order valence-electron chi connectivity index (χ3n) is 2.33. The van der Waals surface area contributed by atoms with Gasteiger partial charge in [0.1, 0.15) is 22.9 Å². The molecule has 0 radical (unpaired) electrons. The van der Waals surface area contributed by atoms with Gasteiger partial charge < -0.3 is 15.3 Å². The number of amidine groups is 1. The first-order valence-electron chi connectivity index (χ1n) is 5.24. The number of aromatic hydroxyl groups is 2. The molecule has 0 unspecified atom stereocenters. The van der Waals surface area contributed by atoms with Crippen LogP contribution in [0.25, 0.3) is 0 Å². The predicted octanol–water partition coefficient (Wildman–Crippen LogP) is 0.441. The zero-order valence-electron chi connectivity index (χ0n) is 9.41. The number of aliphatic hydroxyl groups is 1. The molecule has 7 heteroatoms. The first-order valence-corrected chi connectivity index (χ1v) is 5.24. The van der Waals surface area contributed by atoms with Crippen LogP contribution in [0.15, 0.2) is 28.3 Å². The van der Waals surface area contributed by atoms with Crippen LogP contribution in [0.3, 0.4) is 0 Å². The van der Waals surface area contributed by atoms with Crippen LogP contribution in [0.1, 0.15) is 0 Å². The van der Waals surface area contributed by atoms with Gasteiger partial charge in [0.15, 0.2) is 5.84 Å². The Balaban J connectivity index is 2.25. The molecule has 7 nitrogen and oxygen atoms in total. The Labute approximate surface area is 103 Å². The smallest absolute Gasteiger partial charge is 0.169 e. The maximum absolute atomic E-state index is 9.57. The normalized spacial score (nSPS) is 16.8. The highest BCUT2D eigenvalue weighted by molar-refractivity contribution is 6.63. The Hall–Kier alpha value is -2.41. The second kappa shape index (κ2) is 4.84. The van der Waals surface area contributed by atoms with Gasteiger partial charge in [0.25, 0.3) is 0 Å². The van der Waals surface area contributed by atoms with E-state index in [2.05, 4.69) is 10.1 Å². The van der Waals surface area contributed by atoms with Crippen molar-refractivity contribution in [3.8, 4) is 11.5 Å². The average molecular weight is 248 g/mol. The van der Waals surface area contributed by atoms with E-state index in [4.69, 9.17) is 15.6 Å². The Bertz CT molecular complexity index is 539. The summed E-state index contributed by atoms with van der Waals surface area (Å²) in [5.41, 5.74) is 0.522. The number of hydrogen-bond acceptors (Lipinski definition) is 6. The standard InChI is InChI=1S/C11H12N4O3/c12-11-9(6-13-15(11)3-4-16)14-8-2-1-7(17)5-10(8)18/h1-2,5-6,12,16-18H,3-4H2. The molecular weight excluding hydrogens is 236 g/mol. The number of aliphatic imine (C=N–C) groups is 1. The fourth-order valence-corrected chi connectivity index (χ4v) is 1.46. The summed E-state index contributed by atoms with van der Waals surface area (Å²) >= 11 is 0. The van der Waals surface area contributed by atoms with E-state index < -0.39 is 0 Å². The summed E-state index contributed by atoms with van der Waals surface area (Å²) in [5.74, 6) is -0.186. The number of nitrogens with one attached hydrogen (secondary N) is 1. The number of hydrogen-bond donors (Lipinski definition) is 4. The molecule has 4 N–H and O–H groups in total. The number of hydrazone groups is 1. The summed E-state index contributed by atoms with van der Waals surface area (Å²) < 4.78 is 0. The molecule has 0 amide bonds. The molecule has 1 aromatic rings. The first kappa shape index (κ1) is 12.1. The molecule has 0 aromatic heterocycles. The van der Waals surface area contributed by atoms with Crippen LogP contribution in [0.4, 0.5) is 5.69 Å². The van der Waals surface area contributed by atoms with E-state index in [0.717, 1.165) is 0 Å². The van der Waals surface area contributed by atoms with Crippen molar-refractivity contribution < 1.29 is 15.3 Å². The van der Waals surface area contributed by atoms with Crippen molar-refractivity contribution in [3.05, 3.63) is 18.2 Å². The lowest BCUT2D eigenvalue weighted by Crippen LogP contribution is -2.28. The van der Waals surface area contributed by atoms with Crippen LogP contribution < -0.4 is 0 Å². The lowest BCUT2D eigenvalue weighted by Gasteiger charge is -2.11. The van der Waals surface area contributed by atoms with E-state index in [1.807, 2.05) is 0 Å². The molecule has 0 saturated carbocycles. The van der Waals surface area contributed by atoms with Crippen molar-refractivity contribution in [1.29, 1.82) is 5.41 Å². The van der Waals surface area contributed by atoms with Gasteiger partial charge in [0.05, 0.1) is 19.4 Å². The highest BCUT2D eigenvalue weighted by Gasteiger charge is 2.19. The number of aliphatic hydroxyl groups excluding tert-OH is 1. The third kappa shape index (κ3) is 2.30. The van der Waals surface area contributed by atoms with Crippen LogP contribution in [0, 0.1) is 5.41 Å². The number of nitrogens with zero attached hydrogens (tertiary/aromatic N) is 3. The Kier molecular flexibility index (Phi) is 3.24. The van der Waals surface area contributed by atoms with E-state index in [9.17, 15) is 5.11 Å². The number of β-amino-alcohol motifs (C(OH)–C–C–N with tert-alkyl or cyclic N) is 1.